The first-order valence-electron chi connectivity index (χ1n) is 9.16. The molecule has 1 heterocycles. The Labute approximate surface area is 168 Å². The molecule has 2 aromatic rings. The van der Waals surface area contributed by atoms with Gasteiger partial charge in [-0.25, -0.2) is 0 Å². The summed E-state index contributed by atoms with van der Waals surface area (Å²) in [5.74, 6) is -1.11. The minimum Gasteiger partial charge on any atom is -0.489 e. The fourth-order valence-corrected chi connectivity index (χ4v) is 3.08. The average Bonchev–Trinajstić information content (AvgIpc) is 3.16. The predicted molar refractivity (Wildman–Crippen MR) is 108 cm³/mol. The normalized spacial score (nSPS) is 17.7. The third kappa shape index (κ3) is 4.82. The fourth-order valence-electron chi connectivity index (χ4n) is 3.08. The quantitative estimate of drug-likeness (QED) is 0.638. The number of hydrogen-bond acceptors (Lipinski definition) is 5. The second-order valence-electron chi connectivity index (χ2n) is 6.63. The second kappa shape index (κ2) is 9.05. The van der Waals surface area contributed by atoms with Gasteiger partial charge in [0.2, 0.25) is 5.60 Å². The number of aliphatic carboxylic acids is 1. The van der Waals surface area contributed by atoms with Crippen LogP contribution in [0.5, 0.6) is 5.75 Å². The Kier molecular flexibility index (Phi) is 6.29. The Hall–Kier alpha value is -3.61. The van der Waals surface area contributed by atoms with Gasteiger partial charge in [-0.3, -0.25) is 9.59 Å². The van der Waals surface area contributed by atoms with Crippen molar-refractivity contribution in [2.75, 3.05) is 6.61 Å². The number of rotatable bonds is 9. The number of nitrogens with one attached hydrogen (secondary N) is 1. The molecule has 0 saturated heterocycles. The van der Waals surface area contributed by atoms with Crippen molar-refractivity contribution in [3.8, 4) is 5.75 Å². The van der Waals surface area contributed by atoms with Crippen molar-refractivity contribution in [3.05, 3.63) is 78.4 Å². The highest BCUT2D eigenvalue weighted by molar-refractivity contribution is 6.07. The first kappa shape index (κ1) is 20.1. The third-order valence-electron chi connectivity index (χ3n) is 4.48. The number of nitrogens with zero attached hydrogens (tertiary/aromatic N) is 1. The lowest BCUT2D eigenvalue weighted by atomic mass is 9.89. The number of amides is 1. The van der Waals surface area contributed by atoms with E-state index in [1.165, 1.54) is 0 Å². The lowest BCUT2D eigenvalue weighted by molar-refractivity contribution is -0.156. The molecule has 29 heavy (non-hydrogen) atoms. The zero-order valence-corrected chi connectivity index (χ0v) is 15.8. The first-order valence-corrected chi connectivity index (χ1v) is 9.16. The molecule has 3 rings (SSSR count). The molecule has 0 aliphatic carbocycles. The van der Waals surface area contributed by atoms with Gasteiger partial charge in [0, 0.05) is 18.5 Å². The molecule has 0 bridgehead atoms. The molecule has 7 nitrogen and oxygen atoms in total. The number of carbonyl (C=O) groups excluding carboxylic acids is 1. The summed E-state index contributed by atoms with van der Waals surface area (Å²) < 4.78 is 5.64. The Morgan fingerprint density at radius 3 is 2.66 bits per heavy atom. The van der Waals surface area contributed by atoms with Crippen LogP contribution in [0, 0.1) is 0 Å². The molecule has 0 fully saturated rings. The van der Waals surface area contributed by atoms with Crippen LogP contribution in [0.4, 0.5) is 0 Å². The van der Waals surface area contributed by atoms with Crippen molar-refractivity contribution in [2.45, 2.75) is 25.0 Å². The third-order valence-corrected chi connectivity index (χ3v) is 4.48. The van der Waals surface area contributed by atoms with Crippen LogP contribution < -0.4 is 10.1 Å². The monoisotopic (exact) mass is 394 g/mol. The van der Waals surface area contributed by atoms with Gasteiger partial charge in [-0.2, -0.15) is 0 Å². The summed E-state index contributed by atoms with van der Waals surface area (Å²) in [6.45, 7) is 4.20. The van der Waals surface area contributed by atoms with Crippen molar-refractivity contribution in [2.24, 2.45) is 5.16 Å². The topological polar surface area (TPSA) is 97.2 Å². The molecule has 0 radical (unpaired) electrons. The molecular formula is C22H22N2O5. The van der Waals surface area contributed by atoms with Crippen molar-refractivity contribution >= 4 is 17.6 Å². The average molecular weight is 394 g/mol. The standard InChI is InChI=1S/C22H22N2O5/c1-2-12-28-19-11-7-6-10-17(19)18-13-22(29-24-18,14-20(25)26)21(27)23-15-16-8-4-3-5-9-16/h2-11H,1,12-15H2,(H,23,27)(H,25,26). The zero-order chi connectivity index (χ0) is 20.7. The first-order chi connectivity index (χ1) is 14.0. The minimum absolute atomic E-state index is 0.0222. The van der Waals surface area contributed by atoms with E-state index in [1.807, 2.05) is 42.5 Å². The molecule has 1 atom stereocenters. The van der Waals surface area contributed by atoms with Crippen LogP contribution in [0.3, 0.4) is 0 Å². The van der Waals surface area contributed by atoms with Crippen LogP contribution in [-0.2, 0) is 21.0 Å². The number of carbonyl (C=O) groups is 2. The molecular weight excluding hydrogens is 372 g/mol. The lowest BCUT2D eigenvalue weighted by Gasteiger charge is -2.23. The van der Waals surface area contributed by atoms with Gasteiger partial charge in [0.25, 0.3) is 5.91 Å². The molecule has 150 valence electrons. The van der Waals surface area contributed by atoms with Gasteiger partial charge in [0.05, 0.1) is 12.1 Å². The maximum Gasteiger partial charge on any atom is 0.308 e. The number of oxime groups is 1. The van der Waals surface area contributed by atoms with E-state index in [1.54, 1.807) is 18.2 Å². The van der Waals surface area contributed by atoms with Crippen molar-refractivity contribution in [1.82, 2.24) is 5.32 Å². The summed E-state index contributed by atoms with van der Waals surface area (Å²) in [4.78, 5) is 29.8. The second-order valence-corrected chi connectivity index (χ2v) is 6.63. The number of benzene rings is 2. The summed E-state index contributed by atoms with van der Waals surface area (Å²) in [5, 5.41) is 16.2. The van der Waals surface area contributed by atoms with E-state index in [9.17, 15) is 14.7 Å². The molecule has 1 amide bonds. The van der Waals surface area contributed by atoms with Crippen molar-refractivity contribution in [1.29, 1.82) is 0 Å². The molecule has 1 aliphatic rings. The summed E-state index contributed by atoms with van der Waals surface area (Å²) in [7, 11) is 0. The molecule has 2 aromatic carbocycles. The highest BCUT2D eigenvalue weighted by atomic mass is 16.7. The zero-order valence-electron chi connectivity index (χ0n) is 15.8. The number of para-hydroxylation sites is 1. The summed E-state index contributed by atoms with van der Waals surface area (Å²) in [6.07, 6.45) is 1.14. The number of ether oxygens (including phenoxy) is 1. The Bertz CT molecular complexity index is 926. The molecule has 0 spiro atoms. The van der Waals surface area contributed by atoms with E-state index in [0.29, 0.717) is 23.6 Å². The van der Waals surface area contributed by atoms with Crippen LogP contribution >= 0.6 is 0 Å². The predicted octanol–water partition coefficient (Wildman–Crippen LogP) is 2.91. The van der Waals surface area contributed by atoms with Crippen molar-refractivity contribution < 1.29 is 24.3 Å². The van der Waals surface area contributed by atoms with Gasteiger partial charge in [0.1, 0.15) is 12.4 Å². The van der Waals surface area contributed by atoms with Crippen LogP contribution in [-0.4, -0.2) is 34.9 Å². The van der Waals surface area contributed by atoms with Crippen molar-refractivity contribution in [3.63, 3.8) is 0 Å². The van der Waals surface area contributed by atoms with E-state index >= 15 is 0 Å². The molecule has 1 aliphatic heterocycles. The van der Waals surface area contributed by atoms with Gasteiger partial charge < -0.3 is 20.0 Å². The fraction of sp³-hybridized carbons (Fsp3) is 0.227. The SMILES string of the molecule is C=CCOc1ccccc1C1=NOC(CC(=O)O)(C(=O)NCc2ccccc2)C1. The van der Waals surface area contributed by atoms with Crippen LogP contribution in [0.25, 0.3) is 0 Å². The van der Waals surface area contributed by atoms with Gasteiger partial charge in [0.15, 0.2) is 0 Å². The van der Waals surface area contributed by atoms with Gasteiger partial charge >= 0.3 is 5.97 Å². The van der Waals surface area contributed by atoms with Gasteiger partial charge in [-0.15, -0.1) is 0 Å². The maximum absolute atomic E-state index is 12.9. The van der Waals surface area contributed by atoms with E-state index < -0.39 is 23.9 Å². The minimum atomic E-state index is -1.61. The highest BCUT2D eigenvalue weighted by Gasteiger charge is 2.49. The molecule has 1 unspecified atom stereocenters. The van der Waals surface area contributed by atoms with E-state index in [2.05, 4.69) is 17.1 Å². The number of carboxylic acid groups (broad SMARTS) is 1. The van der Waals surface area contributed by atoms with Gasteiger partial charge in [-0.1, -0.05) is 60.3 Å². The summed E-state index contributed by atoms with van der Waals surface area (Å²) >= 11 is 0. The number of carboxylic acids is 1. The molecule has 0 saturated carbocycles. The summed E-state index contributed by atoms with van der Waals surface area (Å²) in [5.41, 5.74) is 0.397. The Morgan fingerprint density at radius 1 is 1.21 bits per heavy atom. The smallest absolute Gasteiger partial charge is 0.308 e. The molecule has 2 N–H and O–H groups in total. The molecule has 0 aromatic heterocycles. The maximum atomic E-state index is 12.9. The van der Waals surface area contributed by atoms with E-state index in [0.717, 1.165) is 5.56 Å². The highest BCUT2D eigenvalue weighted by Crippen LogP contribution is 2.33. The van der Waals surface area contributed by atoms with Gasteiger partial charge in [-0.05, 0) is 17.7 Å². The van der Waals surface area contributed by atoms with Crippen LogP contribution in [0.15, 0.2) is 72.4 Å². The molecule has 7 heteroatoms. The van der Waals surface area contributed by atoms with E-state index in [4.69, 9.17) is 9.57 Å². The van der Waals surface area contributed by atoms with Crippen LogP contribution in [0.1, 0.15) is 24.0 Å². The largest absolute Gasteiger partial charge is 0.489 e. The lowest BCUT2D eigenvalue weighted by Crippen LogP contribution is -2.48. The van der Waals surface area contributed by atoms with Crippen LogP contribution in [0.2, 0.25) is 0 Å². The Morgan fingerprint density at radius 2 is 1.93 bits per heavy atom. The Balaban J connectivity index is 1.78. The summed E-state index contributed by atoms with van der Waals surface area (Å²) in [6, 6.07) is 16.5. The number of hydrogen-bond donors (Lipinski definition) is 2. The van der Waals surface area contributed by atoms with E-state index in [-0.39, 0.29) is 13.0 Å².